The molecule has 1 fully saturated rings. The molecular weight excluding hydrogens is 252 g/mol. The van der Waals surface area contributed by atoms with Crippen LogP contribution in [-0.4, -0.2) is 50.8 Å². The molecule has 0 spiro atoms. The fraction of sp³-hybridized carbons (Fsp3) is 0.500. The summed E-state index contributed by atoms with van der Waals surface area (Å²) in [6.07, 6.45) is 0. The van der Waals surface area contributed by atoms with Gasteiger partial charge in [-0.1, -0.05) is 30.3 Å². The van der Waals surface area contributed by atoms with E-state index in [2.05, 4.69) is 44.8 Å². The predicted molar refractivity (Wildman–Crippen MR) is 76.1 cm³/mol. The van der Waals surface area contributed by atoms with E-state index in [9.17, 15) is 0 Å². The highest BCUT2D eigenvalue weighted by molar-refractivity contribution is 5.14. The third-order valence-electron chi connectivity index (χ3n) is 3.60. The molecule has 6 nitrogen and oxygen atoms in total. The van der Waals surface area contributed by atoms with Crippen LogP contribution in [0, 0.1) is 0 Å². The van der Waals surface area contributed by atoms with Gasteiger partial charge in [0.1, 0.15) is 0 Å². The Morgan fingerprint density at radius 2 is 2.10 bits per heavy atom. The lowest BCUT2D eigenvalue weighted by molar-refractivity contribution is 0.192. The number of nitrogens with one attached hydrogen (secondary N) is 1. The van der Waals surface area contributed by atoms with Crippen LogP contribution >= 0.6 is 0 Å². The van der Waals surface area contributed by atoms with Crippen LogP contribution in [0.3, 0.4) is 0 Å². The van der Waals surface area contributed by atoms with Gasteiger partial charge in [-0.25, -0.2) is 4.68 Å². The number of hydrogen-bond acceptors (Lipinski definition) is 5. The van der Waals surface area contributed by atoms with Crippen molar-refractivity contribution in [2.45, 2.75) is 26.1 Å². The number of hydrogen-bond donors (Lipinski definition) is 1. The van der Waals surface area contributed by atoms with E-state index in [1.54, 1.807) is 0 Å². The summed E-state index contributed by atoms with van der Waals surface area (Å²) in [6, 6.07) is 10.8. The average molecular weight is 272 g/mol. The summed E-state index contributed by atoms with van der Waals surface area (Å²) >= 11 is 0. The van der Waals surface area contributed by atoms with Gasteiger partial charge in [0.05, 0.1) is 13.1 Å². The zero-order chi connectivity index (χ0) is 13.8. The van der Waals surface area contributed by atoms with Crippen molar-refractivity contribution in [3.63, 3.8) is 0 Å². The molecule has 1 saturated heterocycles. The molecule has 0 bridgehead atoms. The van der Waals surface area contributed by atoms with Gasteiger partial charge in [0.15, 0.2) is 5.82 Å². The molecule has 1 aromatic carbocycles. The Balaban J connectivity index is 1.67. The molecule has 1 aromatic heterocycles. The second-order valence-electron chi connectivity index (χ2n) is 5.33. The van der Waals surface area contributed by atoms with E-state index in [1.807, 2.05) is 22.9 Å². The number of benzene rings is 1. The number of piperazine rings is 1. The number of aromatic nitrogens is 4. The third kappa shape index (κ3) is 3.20. The molecule has 1 N–H and O–H groups in total. The van der Waals surface area contributed by atoms with Gasteiger partial charge < -0.3 is 5.32 Å². The largest absolute Gasteiger partial charge is 0.312 e. The summed E-state index contributed by atoms with van der Waals surface area (Å²) in [5.74, 6) is 0.933. The molecule has 20 heavy (non-hydrogen) atoms. The molecule has 6 heteroatoms. The maximum Gasteiger partial charge on any atom is 0.165 e. The van der Waals surface area contributed by atoms with Crippen molar-refractivity contribution in [3.8, 4) is 0 Å². The fourth-order valence-electron chi connectivity index (χ4n) is 2.57. The summed E-state index contributed by atoms with van der Waals surface area (Å²) in [7, 11) is 0. The predicted octanol–water partition coefficient (Wildman–Crippen LogP) is 0.515. The summed E-state index contributed by atoms with van der Waals surface area (Å²) in [5, 5.41) is 15.5. The van der Waals surface area contributed by atoms with Crippen molar-refractivity contribution in [3.05, 3.63) is 41.7 Å². The molecular formula is C14H20N6. The quantitative estimate of drug-likeness (QED) is 0.879. The van der Waals surface area contributed by atoms with Crippen LogP contribution < -0.4 is 5.32 Å². The summed E-state index contributed by atoms with van der Waals surface area (Å²) in [4.78, 5) is 2.40. The van der Waals surface area contributed by atoms with Gasteiger partial charge in [-0.2, -0.15) is 0 Å². The molecule has 1 aliphatic heterocycles. The molecule has 0 saturated carbocycles. The van der Waals surface area contributed by atoms with Crippen LogP contribution in [-0.2, 0) is 13.1 Å². The first kappa shape index (κ1) is 13.2. The summed E-state index contributed by atoms with van der Waals surface area (Å²) in [5.41, 5.74) is 1.22. The first-order valence-electron chi connectivity index (χ1n) is 7.06. The van der Waals surface area contributed by atoms with Crippen molar-refractivity contribution in [2.24, 2.45) is 0 Å². The standard InChI is InChI=1S/C14H20N6/c1-12-9-19(8-7-15-12)11-14-16-17-18-20(14)10-13-5-3-2-4-6-13/h2-6,12,15H,7-11H2,1H3. The maximum absolute atomic E-state index is 4.17. The van der Waals surface area contributed by atoms with Crippen LogP contribution in [0.1, 0.15) is 18.3 Å². The Morgan fingerprint density at radius 3 is 2.90 bits per heavy atom. The van der Waals surface area contributed by atoms with Gasteiger partial charge in [0.2, 0.25) is 0 Å². The highest BCUT2D eigenvalue weighted by Crippen LogP contribution is 2.07. The summed E-state index contributed by atoms with van der Waals surface area (Å²) < 4.78 is 1.89. The monoisotopic (exact) mass is 272 g/mol. The van der Waals surface area contributed by atoms with Crippen molar-refractivity contribution in [1.29, 1.82) is 0 Å². The molecule has 0 aliphatic carbocycles. The Morgan fingerprint density at radius 1 is 1.25 bits per heavy atom. The van der Waals surface area contributed by atoms with E-state index >= 15 is 0 Å². The minimum Gasteiger partial charge on any atom is -0.312 e. The van der Waals surface area contributed by atoms with Gasteiger partial charge >= 0.3 is 0 Å². The second kappa shape index (κ2) is 6.11. The lowest BCUT2D eigenvalue weighted by Crippen LogP contribution is -2.48. The Bertz CT molecular complexity index is 538. The van der Waals surface area contributed by atoms with Gasteiger partial charge in [-0.15, -0.1) is 5.10 Å². The molecule has 0 amide bonds. The molecule has 1 aliphatic rings. The first-order chi connectivity index (χ1) is 9.81. The van der Waals surface area contributed by atoms with Crippen LogP contribution in [0.4, 0.5) is 0 Å². The number of tetrazole rings is 1. The number of rotatable bonds is 4. The molecule has 106 valence electrons. The maximum atomic E-state index is 4.17. The highest BCUT2D eigenvalue weighted by Gasteiger charge is 2.18. The SMILES string of the molecule is CC1CN(Cc2nnnn2Cc2ccccc2)CCN1. The van der Waals surface area contributed by atoms with Gasteiger partial charge in [-0.3, -0.25) is 4.90 Å². The lowest BCUT2D eigenvalue weighted by atomic mass is 10.2. The van der Waals surface area contributed by atoms with Crippen molar-refractivity contribution < 1.29 is 0 Å². The Labute approximate surface area is 118 Å². The zero-order valence-electron chi connectivity index (χ0n) is 11.7. The van der Waals surface area contributed by atoms with E-state index in [-0.39, 0.29) is 0 Å². The fourth-order valence-corrected chi connectivity index (χ4v) is 2.57. The van der Waals surface area contributed by atoms with Crippen LogP contribution in [0.25, 0.3) is 0 Å². The van der Waals surface area contributed by atoms with Crippen LogP contribution in [0.2, 0.25) is 0 Å². The topological polar surface area (TPSA) is 58.9 Å². The Kier molecular flexibility index (Phi) is 4.03. The molecule has 3 rings (SSSR count). The van der Waals surface area contributed by atoms with Crippen LogP contribution in [0.15, 0.2) is 30.3 Å². The van der Waals surface area contributed by atoms with Crippen molar-refractivity contribution in [2.75, 3.05) is 19.6 Å². The minimum atomic E-state index is 0.530. The van der Waals surface area contributed by atoms with Gasteiger partial charge in [-0.05, 0) is 22.9 Å². The Hall–Kier alpha value is -1.79. The normalized spacial score (nSPS) is 20.1. The van der Waals surface area contributed by atoms with E-state index in [1.165, 1.54) is 5.56 Å². The van der Waals surface area contributed by atoms with E-state index in [0.717, 1.165) is 38.5 Å². The van der Waals surface area contributed by atoms with Crippen molar-refractivity contribution in [1.82, 2.24) is 30.4 Å². The minimum absolute atomic E-state index is 0.530. The average Bonchev–Trinajstić information content (AvgIpc) is 2.87. The lowest BCUT2D eigenvalue weighted by Gasteiger charge is -2.31. The van der Waals surface area contributed by atoms with Gasteiger partial charge in [0.25, 0.3) is 0 Å². The highest BCUT2D eigenvalue weighted by atomic mass is 15.5. The molecule has 2 aromatic rings. The van der Waals surface area contributed by atoms with Gasteiger partial charge in [0, 0.05) is 25.7 Å². The van der Waals surface area contributed by atoms with E-state index in [4.69, 9.17) is 0 Å². The molecule has 0 radical (unpaired) electrons. The molecule has 1 unspecified atom stereocenters. The number of nitrogens with zero attached hydrogens (tertiary/aromatic N) is 5. The first-order valence-corrected chi connectivity index (χ1v) is 7.06. The molecule has 1 atom stereocenters. The zero-order valence-corrected chi connectivity index (χ0v) is 11.7. The summed E-state index contributed by atoms with van der Waals surface area (Å²) in [6.45, 7) is 6.86. The smallest absolute Gasteiger partial charge is 0.165 e. The van der Waals surface area contributed by atoms with E-state index < -0.39 is 0 Å². The van der Waals surface area contributed by atoms with Crippen LogP contribution in [0.5, 0.6) is 0 Å². The van der Waals surface area contributed by atoms with Crippen molar-refractivity contribution >= 4 is 0 Å². The van der Waals surface area contributed by atoms with E-state index in [0.29, 0.717) is 6.04 Å². The second-order valence-corrected chi connectivity index (χ2v) is 5.33. The third-order valence-corrected chi connectivity index (χ3v) is 3.60. The molecule has 2 heterocycles.